The molecular weight excluding hydrogens is 388 g/mol. The fraction of sp³-hybridized carbons (Fsp3) is 0.227. The number of piperidine rings is 1. The average Bonchev–Trinajstić information content (AvgIpc) is 2.73. The Morgan fingerprint density at radius 1 is 1.17 bits per heavy atom. The van der Waals surface area contributed by atoms with Crippen LogP contribution in [0.5, 0.6) is 0 Å². The number of nitrogens with one attached hydrogen (secondary N) is 2. The van der Waals surface area contributed by atoms with Crippen LogP contribution in [0.3, 0.4) is 0 Å². The highest BCUT2D eigenvalue weighted by molar-refractivity contribution is 5.96. The summed E-state index contributed by atoms with van der Waals surface area (Å²) >= 11 is 0. The highest BCUT2D eigenvalue weighted by atomic mass is 19.3. The average molecular weight is 407 g/mol. The highest BCUT2D eigenvalue weighted by Gasteiger charge is 2.37. The van der Waals surface area contributed by atoms with Crippen molar-refractivity contribution in [1.82, 2.24) is 14.9 Å². The van der Waals surface area contributed by atoms with Gasteiger partial charge >= 0.3 is 6.03 Å². The van der Waals surface area contributed by atoms with Crippen LogP contribution in [0.2, 0.25) is 0 Å². The third-order valence-electron chi connectivity index (χ3n) is 4.86. The number of benzene rings is 2. The minimum Gasteiger partial charge on any atom is -0.340 e. The summed E-state index contributed by atoms with van der Waals surface area (Å²) in [7, 11) is 0. The van der Waals surface area contributed by atoms with E-state index in [0.29, 0.717) is 29.0 Å². The van der Waals surface area contributed by atoms with Gasteiger partial charge in [-0.1, -0.05) is 12.0 Å². The van der Waals surface area contributed by atoms with E-state index in [1.54, 1.807) is 18.2 Å². The van der Waals surface area contributed by atoms with Crippen molar-refractivity contribution < 1.29 is 13.6 Å². The number of alkyl halides is 2. The number of urea groups is 1. The van der Waals surface area contributed by atoms with Gasteiger partial charge < -0.3 is 15.5 Å². The molecule has 2 heterocycles. The summed E-state index contributed by atoms with van der Waals surface area (Å²) in [6.45, 7) is -0.274. The molecule has 1 fully saturated rings. The van der Waals surface area contributed by atoms with Crippen LogP contribution in [-0.2, 0) is 0 Å². The summed E-state index contributed by atoms with van der Waals surface area (Å²) in [4.78, 5) is 22.1. The van der Waals surface area contributed by atoms with Crippen LogP contribution in [0.15, 0.2) is 48.8 Å². The highest BCUT2D eigenvalue weighted by Crippen LogP contribution is 2.28. The quantitative estimate of drug-likeness (QED) is 0.622. The molecule has 0 bridgehead atoms. The molecule has 8 heteroatoms. The maximum atomic E-state index is 13.6. The molecule has 0 saturated carbocycles. The second kappa shape index (κ2) is 7.95. The molecule has 0 radical (unpaired) electrons. The molecule has 0 spiro atoms. The zero-order chi connectivity index (χ0) is 21.1. The summed E-state index contributed by atoms with van der Waals surface area (Å²) in [6.07, 6.45) is 6.97. The first-order valence-corrected chi connectivity index (χ1v) is 9.46. The Balaban J connectivity index is 1.58. The van der Waals surface area contributed by atoms with Crippen molar-refractivity contribution in [3.8, 4) is 12.3 Å². The number of hydrogen-bond donors (Lipinski definition) is 2. The minimum atomic E-state index is -2.85. The van der Waals surface area contributed by atoms with Gasteiger partial charge in [-0.25, -0.2) is 23.5 Å². The first kappa shape index (κ1) is 19.6. The topological polar surface area (TPSA) is 70.1 Å². The lowest BCUT2D eigenvalue weighted by Gasteiger charge is -2.32. The molecule has 1 aromatic heterocycles. The second-order valence-electron chi connectivity index (χ2n) is 7.12. The van der Waals surface area contributed by atoms with Crippen LogP contribution in [0, 0.1) is 12.3 Å². The predicted molar refractivity (Wildman–Crippen MR) is 112 cm³/mol. The smallest absolute Gasteiger partial charge is 0.322 e. The van der Waals surface area contributed by atoms with Crippen LogP contribution >= 0.6 is 0 Å². The number of anilines is 3. The Morgan fingerprint density at radius 2 is 2.03 bits per heavy atom. The number of hydrogen-bond acceptors (Lipinski definition) is 4. The molecule has 0 atom stereocenters. The van der Waals surface area contributed by atoms with Crippen molar-refractivity contribution in [3.05, 3.63) is 54.4 Å². The largest absolute Gasteiger partial charge is 0.340 e. The minimum absolute atomic E-state index is 0.194. The summed E-state index contributed by atoms with van der Waals surface area (Å²) < 4.78 is 27.2. The Morgan fingerprint density at radius 3 is 2.83 bits per heavy atom. The maximum absolute atomic E-state index is 13.6. The summed E-state index contributed by atoms with van der Waals surface area (Å²) in [5.41, 5.74) is 2.62. The molecule has 152 valence electrons. The van der Waals surface area contributed by atoms with Crippen LogP contribution < -0.4 is 10.6 Å². The van der Waals surface area contributed by atoms with Gasteiger partial charge in [0.05, 0.1) is 12.1 Å². The number of likely N-dealkylation sites (tertiary alicyclic amines) is 1. The van der Waals surface area contributed by atoms with Crippen molar-refractivity contribution in [2.24, 2.45) is 0 Å². The molecule has 4 rings (SSSR count). The third-order valence-corrected chi connectivity index (χ3v) is 4.86. The molecule has 2 amide bonds. The normalized spacial score (nSPS) is 15.4. The second-order valence-corrected chi connectivity index (χ2v) is 7.12. The molecule has 1 saturated heterocycles. The maximum Gasteiger partial charge on any atom is 0.322 e. The van der Waals surface area contributed by atoms with Crippen molar-refractivity contribution in [2.45, 2.75) is 18.8 Å². The first-order valence-electron chi connectivity index (χ1n) is 9.46. The van der Waals surface area contributed by atoms with Gasteiger partial charge in [0, 0.05) is 35.3 Å². The Bertz CT molecular complexity index is 1140. The molecule has 0 unspecified atom stereocenters. The first-order chi connectivity index (χ1) is 14.4. The number of terminal acetylenes is 1. The number of amides is 2. The number of nitrogens with zero attached hydrogens (tertiary/aromatic N) is 3. The molecule has 0 aliphatic carbocycles. The summed E-state index contributed by atoms with van der Waals surface area (Å²) in [5, 5.41) is 6.57. The van der Waals surface area contributed by atoms with Crippen LogP contribution in [0.25, 0.3) is 10.9 Å². The van der Waals surface area contributed by atoms with E-state index in [1.165, 1.54) is 6.33 Å². The van der Waals surface area contributed by atoms with Gasteiger partial charge in [0.15, 0.2) is 0 Å². The van der Waals surface area contributed by atoms with E-state index in [9.17, 15) is 13.6 Å². The molecule has 3 aromatic rings. The van der Waals surface area contributed by atoms with Gasteiger partial charge in [0.2, 0.25) is 0 Å². The van der Waals surface area contributed by atoms with Gasteiger partial charge in [-0.3, -0.25) is 0 Å². The van der Waals surface area contributed by atoms with Crippen molar-refractivity contribution in [1.29, 1.82) is 0 Å². The van der Waals surface area contributed by atoms with Gasteiger partial charge in [-0.2, -0.15) is 0 Å². The fourth-order valence-electron chi connectivity index (χ4n) is 3.40. The van der Waals surface area contributed by atoms with Crippen LogP contribution in [-0.4, -0.2) is 39.9 Å². The van der Waals surface area contributed by atoms with Gasteiger partial charge in [-0.15, -0.1) is 6.42 Å². The van der Waals surface area contributed by atoms with E-state index in [-0.39, 0.29) is 12.8 Å². The number of fused-ring (bicyclic) bond motifs is 1. The van der Waals surface area contributed by atoms with E-state index in [1.807, 2.05) is 24.3 Å². The molecule has 6 nitrogen and oxygen atoms in total. The fourth-order valence-corrected chi connectivity index (χ4v) is 3.40. The third kappa shape index (κ3) is 4.30. The molecular formula is C22H19F2N5O. The van der Waals surface area contributed by atoms with Crippen LogP contribution in [0.1, 0.15) is 18.4 Å². The number of aromatic nitrogens is 2. The zero-order valence-corrected chi connectivity index (χ0v) is 16.0. The van der Waals surface area contributed by atoms with E-state index >= 15 is 0 Å². The van der Waals surface area contributed by atoms with Gasteiger partial charge in [0.25, 0.3) is 5.92 Å². The lowest BCUT2D eigenvalue weighted by molar-refractivity contribution is -0.0510. The zero-order valence-electron chi connectivity index (χ0n) is 16.0. The number of rotatable bonds is 3. The lowest BCUT2D eigenvalue weighted by atomic mass is 10.1. The van der Waals surface area contributed by atoms with E-state index < -0.39 is 18.5 Å². The summed E-state index contributed by atoms with van der Waals surface area (Å²) in [6, 6.07) is 11.9. The molecule has 1 aliphatic rings. The van der Waals surface area contributed by atoms with E-state index in [4.69, 9.17) is 6.42 Å². The van der Waals surface area contributed by atoms with Gasteiger partial charge in [-0.05, 0) is 42.8 Å². The van der Waals surface area contributed by atoms with Crippen molar-refractivity contribution >= 4 is 34.1 Å². The standard InChI is InChI=1S/C22H19F2N5O/c1-2-15-5-3-6-16(11-15)27-20-18-12-17(7-8-19(18)25-14-26-20)28-21(30)29-10-4-9-22(23,24)13-29/h1,3,5-8,11-12,14H,4,9-10,13H2,(H,28,30)(H,25,26,27). The predicted octanol–water partition coefficient (Wildman–Crippen LogP) is 4.62. The summed E-state index contributed by atoms with van der Waals surface area (Å²) in [5.74, 6) is 0.266. The molecule has 1 aliphatic heterocycles. The van der Waals surface area contributed by atoms with Crippen LogP contribution in [0.4, 0.5) is 30.8 Å². The van der Waals surface area contributed by atoms with Crippen molar-refractivity contribution in [3.63, 3.8) is 0 Å². The molecule has 2 N–H and O–H groups in total. The SMILES string of the molecule is C#Cc1cccc(Nc2ncnc3ccc(NC(=O)N4CCCC(F)(F)C4)cc23)c1. The van der Waals surface area contributed by atoms with Gasteiger partial charge in [0.1, 0.15) is 12.1 Å². The van der Waals surface area contributed by atoms with E-state index in [2.05, 4.69) is 26.5 Å². The van der Waals surface area contributed by atoms with Crippen molar-refractivity contribution in [2.75, 3.05) is 23.7 Å². The monoisotopic (exact) mass is 407 g/mol. The molecule has 2 aromatic carbocycles. The number of carbonyl (C=O) groups is 1. The lowest BCUT2D eigenvalue weighted by Crippen LogP contribution is -2.47. The Kier molecular flexibility index (Phi) is 5.19. The van der Waals surface area contributed by atoms with E-state index in [0.717, 1.165) is 16.2 Å². The Labute approximate surface area is 172 Å². The number of carbonyl (C=O) groups excluding carboxylic acids is 1. The number of halogens is 2. The Hall–Kier alpha value is -3.73. The molecule has 30 heavy (non-hydrogen) atoms.